The second-order valence-electron chi connectivity index (χ2n) is 3.29. The molecule has 0 saturated carbocycles. The Morgan fingerprint density at radius 3 is 2.38 bits per heavy atom. The fraction of sp³-hybridized carbons (Fsp3) is 0.750. The van der Waals surface area contributed by atoms with Gasteiger partial charge in [-0.3, -0.25) is 0 Å². The Labute approximate surface area is 75.8 Å². The van der Waals surface area contributed by atoms with E-state index in [1.165, 1.54) is 17.9 Å². The van der Waals surface area contributed by atoms with E-state index in [4.69, 9.17) is 0 Å². The second kappa shape index (κ2) is 3.81. The summed E-state index contributed by atoms with van der Waals surface area (Å²) < 4.78 is 26.0. The fourth-order valence-electron chi connectivity index (χ4n) is 1.09. The smallest absolute Gasteiger partial charge is 0.241 e. The van der Waals surface area contributed by atoms with Crippen molar-refractivity contribution in [2.45, 2.75) is 39.2 Å². The quantitative estimate of drug-likeness (QED) is 0.730. The molecule has 1 atom stereocenters. The number of alkyl halides is 2. The molecule has 0 aromatic carbocycles. The molecule has 1 aromatic heterocycles. The molecule has 0 saturated heterocycles. The highest BCUT2D eigenvalue weighted by molar-refractivity contribution is 4.93. The van der Waals surface area contributed by atoms with E-state index in [-0.39, 0.29) is 5.92 Å². The fourth-order valence-corrected chi connectivity index (χ4v) is 1.09. The van der Waals surface area contributed by atoms with Gasteiger partial charge in [0, 0.05) is 5.92 Å². The van der Waals surface area contributed by atoms with E-state index in [0.29, 0.717) is 5.82 Å². The van der Waals surface area contributed by atoms with Gasteiger partial charge >= 0.3 is 0 Å². The topological polar surface area (TPSA) is 30.7 Å². The monoisotopic (exact) mass is 189 g/mol. The van der Waals surface area contributed by atoms with Gasteiger partial charge in [0.05, 0.1) is 0 Å². The minimum absolute atomic E-state index is 0.115. The number of rotatable bonds is 3. The van der Waals surface area contributed by atoms with Gasteiger partial charge < -0.3 is 0 Å². The number of halogens is 2. The summed E-state index contributed by atoms with van der Waals surface area (Å²) in [5.74, 6) is 0.719. The Balaban J connectivity index is 2.93. The van der Waals surface area contributed by atoms with Crippen LogP contribution in [0.5, 0.6) is 0 Å². The lowest BCUT2D eigenvalue weighted by Gasteiger charge is -2.14. The van der Waals surface area contributed by atoms with E-state index < -0.39 is 12.5 Å². The minimum Gasteiger partial charge on any atom is -0.241 e. The van der Waals surface area contributed by atoms with Crippen LogP contribution in [0.15, 0.2) is 6.33 Å². The molecule has 0 fully saturated rings. The van der Waals surface area contributed by atoms with Crippen molar-refractivity contribution in [1.82, 2.24) is 14.8 Å². The summed E-state index contributed by atoms with van der Waals surface area (Å²) in [5.41, 5.74) is 0. The van der Waals surface area contributed by atoms with E-state index in [0.717, 1.165) is 0 Å². The molecule has 0 aliphatic rings. The highest BCUT2D eigenvalue weighted by Crippen LogP contribution is 2.19. The minimum atomic E-state index is -2.40. The Morgan fingerprint density at radius 2 is 1.92 bits per heavy atom. The van der Waals surface area contributed by atoms with Crippen molar-refractivity contribution in [3.05, 3.63) is 12.2 Å². The summed E-state index contributed by atoms with van der Waals surface area (Å²) in [7, 11) is 0. The first-order valence-corrected chi connectivity index (χ1v) is 4.21. The van der Waals surface area contributed by atoms with E-state index in [9.17, 15) is 8.78 Å². The van der Waals surface area contributed by atoms with E-state index in [1.807, 2.05) is 13.8 Å². The maximum atomic E-state index is 12.3. The van der Waals surface area contributed by atoms with Crippen LogP contribution in [0.4, 0.5) is 8.78 Å². The molecule has 0 bridgehead atoms. The van der Waals surface area contributed by atoms with Crippen molar-refractivity contribution in [2.75, 3.05) is 0 Å². The molecule has 0 spiro atoms. The average molecular weight is 189 g/mol. The Bertz CT molecular complexity index is 270. The first-order valence-electron chi connectivity index (χ1n) is 4.21. The molecule has 1 aromatic rings. The summed E-state index contributed by atoms with van der Waals surface area (Å²) in [5, 5.41) is 3.78. The van der Waals surface area contributed by atoms with Crippen LogP contribution in [0.2, 0.25) is 0 Å². The maximum Gasteiger partial charge on any atom is 0.260 e. The molecule has 0 radical (unpaired) electrons. The van der Waals surface area contributed by atoms with Crippen molar-refractivity contribution in [1.29, 1.82) is 0 Å². The van der Waals surface area contributed by atoms with Crippen molar-refractivity contribution < 1.29 is 8.78 Å². The average Bonchev–Trinajstić information content (AvgIpc) is 2.50. The summed E-state index contributed by atoms with van der Waals surface area (Å²) in [4.78, 5) is 3.94. The number of hydrogen-bond donors (Lipinski definition) is 0. The molecule has 74 valence electrons. The van der Waals surface area contributed by atoms with Crippen LogP contribution >= 0.6 is 0 Å². The summed E-state index contributed by atoms with van der Waals surface area (Å²) >= 11 is 0. The van der Waals surface area contributed by atoms with E-state index >= 15 is 0 Å². The van der Waals surface area contributed by atoms with Crippen molar-refractivity contribution in [3.63, 3.8) is 0 Å². The van der Waals surface area contributed by atoms with Crippen LogP contribution < -0.4 is 0 Å². The lowest BCUT2D eigenvalue weighted by molar-refractivity contribution is 0.0833. The van der Waals surface area contributed by atoms with Gasteiger partial charge in [-0.05, 0) is 6.92 Å². The van der Waals surface area contributed by atoms with Gasteiger partial charge in [-0.15, -0.1) is 0 Å². The maximum absolute atomic E-state index is 12.3. The zero-order chi connectivity index (χ0) is 10.0. The molecule has 3 nitrogen and oxygen atoms in total. The van der Waals surface area contributed by atoms with Crippen LogP contribution in [-0.4, -0.2) is 21.2 Å². The van der Waals surface area contributed by atoms with Gasteiger partial charge in [-0.2, -0.15) is 5.10 Å². The van der Waals surface area contributed by atoms with Gasteiger partial charge in [0.15, 0.2) is 0 Å². The van der Waals surface area contributed by atoms with Crippen molar-refractivity contribution in [3.8, 4) is 0 Å². The standard InChI is InChI=1S/C8H13F2N3/c1-5(2)8-11-4-12-13(8)6(3)7(9)10/h4-7H,1-3H3/t6-/m0/s1. The predicted molar refractivity (Wildman–Crippen MR) is 44.8 cm³/mol. The third kappa shape index (κ3) is 2.02. The number of hydrogen-bond acceptors (Lipinski definition) is 2. The first-order chi connectivity index (χ1) is 6.04. The van der Waals surface area contributed by atoms with Crippen molar-refractivity contribution in [2.24, 2.45) is 0 Å². The molecular formula is C8H13F2N3. The normalized spacial score (nSPS) is 14.1. The van der Waals surface area contributed by atoms with E-state index in [2.05, 4.69) is 10.1 Å². The number of aromatic nitrogens is 3. The molecule has 0 aliphatic carbocycles. The van der Waals surface area contributed by atoms with Crippen LogP contribution in [0.25, 0.3) is 0 Å². The molecule has 0 aliphatic heterocycles. The summed E-state index contributed by atoms with van der Waals surface area (Å²) in [6, 6.07) is -0.903. The zero-order valence-corrected chi connectivity index (χ0v) is 7.91. The molecular weight excluding hydrogens is 176 g/mol. The lowest BCUT2D eigenvalue weighted by Crippen LogP contribution is -2.18. The van der Waals surface area contributed by atoms with Gasteiger partial charge in [-0.25, -0.2) is 18.4 Å². The third-order valence-corrected chi connectivity index (χ3v) is 1.87. The highest BCUT2D eigenvalue weighted by atomic mass is 19.3. The molecule has 0 amide bonds. The number of nitrogens with zero attached hydrogens (tertiary/aromatic N) is 3. The molecule has 0 N–H and O–H groups in total. The zero-order valence-electron chi connectivity index (χ0n) is 7.91. The van der Waals surface area contributed by atoms with Crippen LogP contribution in [-0.2, 0) is 0 Å². The lowest BCUT2D eigenvalue weighted by atomic mass is 10.2. The Morgan fingerprint density at radius 1 is 1.31 bits per heavy atom. The summed E-state index contributed by atoms with van der Waals surface area (Å²) in [6.45, 7) is 5.24. The van der Waals surface area contributed by atoms with Crippen LogP contribution in [0, 0.1) is 0 Å². The van der Waals surface area contributed by atoms with Gasteiger partial charge in [0.25, 0.3) is 6.43 Å². The molecule has 5 heteroatoms. The van der Waals surface area contributed by atoms with Crippen molar-refractivity contribution >= 4 is 0 Å². The SMILES string of the molecule is CC(C)c1ncnn1[C@@H](C)C(F)F. The highest BCUT2D eigenvalue weighted by Gasteiger charge is 2.21. The van der Waals surface area contributed by atoms with Gasteiger partial charge in [0.2, 0.25) is 0 Å². The third-order valence-electron chi connectivity index (χ3n) is 1.87. The Hall–Kier alpha value is -1.00. The molecule has 13 heavy (non-hydrogen) atoms. The van der Waals surface area contributed by atoms with Gasteiger partial charge in [-0.1, -0.05) is 13.8 Å². The summed E-state index contributed by atoms with van der Waals surface area (Å²) in [6.07, 6.45) is -1.09. The molecule has 1 rings (SSSR count). The first kappa shape index (κ1) is 10.1. The van der Waals surface area contributed by atoms with E-state index in [1.54, 1.807) is 0 Å². The predicted octanol–water partition coefficient (Wildman–Crippen LogP) is 2.23. The largest absolute Gasteiger partial charge is 0.260 e. The van der Waals surface area contributed by atoms with Gasteiger partial charge in [0.1, 0.15) is 18.2 Å². The Kier molecular flexibility index (Phi) is 2.95. The second-order valence-corrected chi connectivity index (χ2v) is 3.29. The van der Waals surface area contributed by atoms with Crippen LogP contribution in [0.3, 0.4) is 0 Å². The molecule has 0 unspecified atom stereocenters. The van der Waals surface area contributed by atoms with Crippen LogP contribution in [0.1, 0.15) is 38.6 Å². The molecule has 1 heterocycles.